The molecule has 0 aromatic heterocycles. The van der Waals surface area contributed by atoms with Gasteiger partial charge in [0.25, 0.3) is 0 Å². The lowest BCUT2D eigenvalue weighted by Crippen LogP contribution is -2.51. The molecule has 1 aromatic rings. The summed E-state index contributed by atoms with van der Waals surface area (Å²) in [5, 5.41) is 0.00268. The number of ether oxygens (including phenoxy) is 3. The second kappa shape index (κ2) is 9.23. The van der Waals surface area contributed by atoms with Crippen LogP contribution in [-0.4, -0.2) is 98.5 Å². The van der Waals surface area contributed by atoms with Crippen LogP contribution in [0.5, 0.6) is 11.5 Å². The molecule has 0 spiro atoms. The van der Waals surface area contributed by atoms with Gasteiger partial charge in [-0.2, -0.15) is 0 Å². The Balaban J connectivity index is 1.33. The molecule has 3 heterocycles. The van der Waals surface area contributed by atoms with Crippen molar-refractivity contribution in [3.63, 3.8) is 0 Å². The highest BCUT2D eigenvalue weighted by Crippen LogP contribution is 2.42. The van der Waals surface area contributed by atoms with Crippen molar-refractivity contribution >= 4 is 23.6 Å². The number of piperazine rings is 1. The maximum atomic E-state index is 12.5. The van der Waals surface area contributed by atoms with Gasteiger partial charge in [-0.1, -0.05) is 6.07 Å². The lowest BCUT2D eigenvalue weighted by atomic mass is 10.1. The molecule has 0 N–H and O–H groups in total. The third-order valence-electron chi connectivity index (χ3n) is 5.47. The van der Waals surface area contributed by atoms with E-state index in [1.54, 1.807) is 11.8 Å². The summed E-state index contributed by atoms with van der Waals surface area (Å²) in [6.45, 7) is 5.79. The van der Waals surface area contributed by atoms with E-state index in [1.165, 1.54) is 7.11 Å². The average molecular weight is 422 g/mol. The zero-order valence-electron chi connectivity index (χ0n) is 16.7. The highest BCUT2D eigenvalue weighted by Gasteiger charge is 2.34. The lowest BCUT2D eigenvalue weighted by Gasteiger charge is -2.36. The van der Waals surface area contributed by atoms with Crippen LogP contribution in [0.15, 0.2) is 18.2 Å². The van der Waals surface area contributed by atoms with E-state index in [0.717, 1.165) is 36.7 Å². The van der Waals surface area contributed by atoms with Crippen LogP contribution in [0.1, 0.15) is 10.9 Å². The maximum Gasteiger partial charge on any atom is 0.248 e. The molecule has 2 saturated heterocycles. The van der Waals surface area contributed by atoms with Crippen LogP contribution in [0.3, 0.4) is 0 Å². The predicted octanol–water partition coefficient (Wildman–Crippen LogP) is 0.822. The number of hydrogen-bond donors (Lipinski definition) is 0. The first kappa shape index (κ1) is 20.3. The molecule has 1 unspecified atom stereocenters. The number of amides is 2. The largest absolute Gasteiger partial charge is 0.486 e. The van der Waals surface area contributed by atoms with Gasteiger partial charge in [-0.15, -0.1) is 11.8 Å². The number of rotatable bonds is 6. The fourth-order valence-electron chi connectivity index (χ4n) is 3.87. The van der Waals surface area contributed by atoms with Gasteiger partial charge in [0.15, 0.2) is 11.5 Å². The normalized spacial score (nSPS) is 22.2. The Labute approximate surface area is 175 Å². The number of benzene rings is 1. The Morgan fingerprint density at radius 2 is 1.90 bits per heavy atom. The van der Waals surface area contributed by atoms with Gasteiger partial charge in [-0.05, 0) is 17.7 Å². The predicted molar refractivity (Wildman–Crippen MR) is 109 cm³/mol. The van der Waals surface area contributed by atoms with E-state index >= 15 is 0 Å². The Kier molecular flexibility index (Phi) is 6.46. The third kappa shape index (κ3) is 4.62. The zero-order chi connectivity index (χ0) is 20.2. The first-order valence-corrected chi connectivity index (χ1v) is 11.0. The molecule has 0 radical (unpaired) electrons. The third-order valence-corrected chi connectivity index (χ3v) is 6.73. The van der Waals surface area contributed by atoms with E-state index < -0.39 is 0 Å². The van der Waals surface area contributed by atoms with Gasteiger partial charge >= 0.3 is 0 Å². The van der Waals surface area contributed by atoms with Crippen LogP contribution >= 0.6 is 11.8 Å². The Bertz CT molecular complexity index is 754. The van der Waals surface area contributed by atoms with Crippen LogP contribution in [0.25, 0.3) is 0 Å². The minimum Gasteiger partial charge on any atom is -0.486 e. The van der Waals surface area contributed by atoms with E-state index in [4.69, 9.17) is 14.2 Å². The van der Waals surface area contributed by atoms with Crippen molar-refractivity contribution in [1.29, 1.82) is 0 Å². The molecule has 2 amide bonds. The minimum absolute atomic E-state index is 0.00268. The molecule has 1 atom stereocenters. The molecule has 3 aliphatic heterocycles. The van der Waals surface area contributed by atoms with E-state index in [0.29, 0.717) is 38.6 Å². The van der Waals surface area contributed by atoms with Gasteiger partial charge in [0.1, 0.15) is 25.2 Å². The van der Waals surface area contributed by atoms with Crippen LogP contribution in [-0.2, 0) is 14.3 Å². The zero-order valence-corrected chi connectivity index (χ0v) is 17.5. The summed E-state index contributed by atoms with van der Waals surface area (Å²) in [5.41, 5.74) is 1.07. The van der Waals surface area contributed by atoms with Crippen LogP contribution in [0.2, 0.25) is 0 Å². The monoisotopic (exact) mass is 421 g/mol. The smallest absolute Gasteiger partial charge is 0.248 e. The fourth-order valence-corrected chi connectivity index (χ4v) is 5.08. The van der Waals surface area contributed by atoms with Crippen LogP contribution in [0.4, 0.5) is 0 Å². The highest BCUT2D eigenvalue weighted by molar-refractivity contribution is 8.00. The summed E-state index contributed by atoms with van der Waals surface area (Å²) < 4.78 is 16.2. The van der Waals surface area contributed by atoms with Gasteiger partial charge < -0.3 is 24.0 Å². The molecule has 9 heteroatoms. The fraction of sp³-hybridized carbons (Fsp3) is 0.600. The Morgan fingerprint density at radius 1 is 1.14 bits per heavy atom. The van der Waals surface area contributed by atoms with E-state index in [-0.39, 0.29) is 23.8 Å². The molecule has 8 nitrogen and oxygen atoms in total. The van der Waals surface area contributed by atoms with Crippen LogP contribution in [0, 0.1) is 0 Å². The second-order valence-corrected chi connectivity index (χ2v) is 8.38. The van der Waals surface area contributed by atoms with Gasteiger partial charge in [0, 0.05) is 46.4 Å². The van der Waals surface area contributed by atoms with Gasteiger partial charge in [-0.3, -0.25) is 14.5 Å². The molecular formula is C20H27N3O5S. The summed E-state index contributed by atoms with van der Waals surface area (Å²) in [6.07, 6.45) is 0. The maximum absolute atomic E-state index is 12.5. The lowest BCUT2D eigenvalue weighted by molar-refractivity contribution is -0.136. The number of fused-ring (bicyclic) bond motifs is 1. The van der Waals surface area contributed by atoms with Crippen molar-refractivity contribution in [3.8, 4) is 11.5 Å². The summed E-state index contributed by atoms with van der Waals surface area (Å²) in [7, 11) is 1.54. The highest BCUT2D eigenvalue weighted by atomic mass is 32.2. The molecule has 29 heavy (non-hydrogen) atoms. The number of nitrogens with zero attached hydrogens (tertiary/aromatic N) is 3. The van der Waals surface area contributed by atoms with Crippen molar-refractivity contribution < 1.29 is 23.8 Å². The number of thioether (sulfide) groups is 1. The molecular weight excluding hydrogens is 394 g/mol. The van der Waals surface area contributed by atoms with E-state index in [2.05, 4.69) is 4.90 Å². The van der Waals surface area contributed by atoms with Gasteiger partial charge in [0.05, 0.1) is 5.75 Å². The number of methoxy groups -OCH3 is 1. The Morgan fingerprint density at radius 3 is 2.66 bits per heavy atom. The van der Waals surface area contributed by atoms with Gasteiger partial charge in [-0.25, -0.2) is 0 Å². The van der Waals surface area contributed by atoms with E-state index in [1.807, 2.05) is 28.0 Å². The van der Waals surface area contributed by atoms with Crippen molar-refractivity contribution in [2.75, 3.05) is 72.0 Å². The summed E-state index contributed by atoms with van der Waals surface area (Å²) in [4.78, 5) is 30.5. The summed E-state index contributed by atoms with van der Waals surface area (Å²) >= 11 is 1.65. The first-order chi connectivity index (χ1) is 14.2. The molecule has 2 fully saturated rings. The average Bonchev–Trinajstić information content (AvgIpc) is 3.12. The SMILES string of the molecule is COCC(=O)N1CCN(CCN2C(=O)CSC2c2ccc3c(c2)OCCO3)CC1. The molecule has 0 bridgehead atoms. The van der Waals surface area contributed by atoms with Crippen molar-refractivity contribution in [2.45, 2.75) is 5.37 Å². The molecule has 158 valence electrons. The molecule has 0 saturated carbocycles. The summed E-state index contributed by atoms with van der Waals surface area (Å²) in [6, 6.07) is 5.95. The number of carbonyl (C=O) groups is 2. The van der Waals surface area contributed by atoms with Crippen molar-refractivity contribution in [1.82, 2.24) is 14.7 Å². The minimum atomic E-state index is 0.00268. The molecule has 0 aliphatic carbocycles. The number of carbonyl (C=O) groups excluding carboxylic acids is 2. The number of hydrogen-bond acceptors (Lipinski definition) is 7. The van der Waals surface area contributed by atoms with Crippen molar-refractivity contribution in [2.24, 2.45) is 0 Å². The quantitative estimate of drug-likeness (QED) is 0.674. The topological polar surface area (TPSA) is 71.6 Å². The first-order valence-electron chi connectivity index (χ1n) is 9.95. The van der Waals surface area contributed by atoms with Crippen molar-refractivity contribution in [3.05, 3.63) is 23.8 Å². The second-order valence-electron chi connectivity index (χ2n) is 7.31. The van der Waals surface area contributed by atoms with Gasteiger partial charge in [0.2, 0.25) is 11.8 Å². The molecule has 1 aromatic carbocycles. The molecule has 4 rings (SSSR count). The standard InChI is InChI=1S/C20H27N3O5S/c1-26-13-18(24)22-7-4-21(5-8-22)6-9-23-19(25)14-29-20(23)15-2-3-16-17(12-15)28-11-10-27-16/h2-3,12,20H,4-11,13-14H2,1H3. The Hall–Kier alpha value is -1.97. The summed E-state index contributed by atoms with van der Waals surface area (Å²) in [5.74, 6) is 2.23. The van der Waals surface area contributed by atoms with E-state index in [9.17, 15) is 9.59 Å². The van der Waals surface area contributed by atoms with Crippen LogP contribution < -0.4 is 9.47 Å². The molecule has 3 aliphatic rings.